The summed E-state index contributed by atoms with van der Waals surface area (Å²) in [7, 11) is 0. The van der Waals surface area contributed by atoms with E-state index in [4.69, 9.17) is 35.4 Å². The average molecular weight is 443 g/mol. The van der Waals surface area contributed by atoms with Gasteiger partial charge in [0.2, 0.25) is 4.77 Å². The van der Waals surface area contributed by atoms with Gasteiger partial charge in [0.25, 0.3) is 0 Å². The molecule has 4 aromatic rings. The van der Waals surface area contributed by atoms with Gasteiger partial charge >= 0.3 is 0 Å². The van der Waals surface area contributed by atoms with Crippen molar-refractivity contribution in [3.05, 3.63) is 86.4 Å². The van der Waals surface area contributed by atoms with Crippen molar-refractivity contribution in [1.82, 2.24) is 24.7 Å². The molecule has 0 bridgehead atoms. The molecular formula is C20H16Cl2N6S. The van der Waals surface area contributed by atoms with Crippen molar-refractivity contribution >= 4 is 41.6 Å². The lowest BCUT2D eigenvalue weighted by molar-refractivity contribution is 0.680. The summed E-state index contributed by atoms with van der Waals surface area (Å²) >= 11 is 18.0. The number of aromatic amines is 1. The Morgan fingerprint density at radius 2 is 1.93 bits per heavy atom. The zero-order valence-corrected chi connectivity index (χ0v) is 17.7. The third kappa shape index (κ3) is 4.17. The molecule has 1 N–H and O–H groups in total. The monoisotopic (exact) mass is 442 g/mol. The van der Waals surface area contributed by atoms with Crippen LogP contribution in [0.3, 0.4) is 0 Å². The standard InChI is InChI=1S/C20H16Cl2N6S/c1-13-17(18(22)27(26-13)12-14-6-3-2-4-7-14)11-23-28-19(24-25-20(28)29)15-8-5-9-16(21)10-15/h2-11H,12H2,1H3,(H,25,29)/b23-11+. The van der Waals surface area contributed by atoms with Crippen LogP contribution in [0, 0.1) is 11.7 Å². The third-order valence-corrected chi connectivity index (χ3v) is 5.22. The van der Waals surface area contributed by atoms with Gasteiger partial charge in [-0.1, -0.05) is 65.7 Å². The Balaban J connectivity index is 1.67. The number of halogens is 2. The van der Waals surface area contributed by atoms with Crippen LogP contribution >= 0.6 is 35.4 Å². The highest BCUT2D eigenvalue weighted by Crippen LogP contribution is 2.22. The predicted octanol–water partition coefficient (Wildman–Crippen LogP) is 5.35. The average Bonchev–Trinajstić information content (AvgIpc) is 3.20. The van der Waals surface area contributed by atoms with E-state index < -0.39 is 0 Å². The zero-order valence-electron chi connectivity index (χ0n) is 15.4. The number of rotatable bonds is 5. The van der Waals surface area contributed by atoms with Crippen molar-refractivity contribution in [1.29, 1.82) is 0 Å². The molecule has 0 atom stereocenters. The van der Waals surface area contributed by atoms with Crippen LogP contribution in [0.5, 0.6) is 0 Å². The lowest BCUT2D eigenvalue weighted by atomic mass is 10.2. The molecule has 9 heteroatoms. The second kappa shape index (κ2) is 8.32. The van der Waals surface area contributed by atoms with Gasteiger partial charge in [0, 0.05) is 10.6 Å². The molecule has 0 aliphatic rings. The molecule has 2 heterocycles. The van der Waals surface area contributed by atoms with E-state index in [0.29, 0.717) is 27.3 Å². The first-order chi connectivity index (χ1) is 14.0. The Bertz CT molecular complexity index is 1240. The molecular weight excluding hydrogens is 427 g/mol. The van der Waals surface area contributed by atoms with E-state index in [2.05, 4.69) is 20.4 Å². The van der Waals surface area contributed by atoms with Crippen LogP contribution in [0.15, 0.2) is 59.7 Å². The van der Waals surface area contributed by atoms with Crippen LogP contribution in [-0.4, -0.2) is 30.9 Å². The van der Waals surface area contributed by atoms with Crippen molar-refractivity contribution in [3.63, 3.8) is 0 Å². The Morgan fingerprint density at radius 1 is 1.14 bits per heavy atom. The van der Waals surface area contributed by atoms with Crippen molar-refractivity contribution in [3.8, 4) is 11.4 Å². The van der Waals surface area contributed by atoms with Gasteiger partial charge in [-0.3, -0.25) is 0 Å². The molecule has 0 radical (unpaired) electrons. The number of nitrogens with zero attached hydrogens (tertiary/aromatic N) is 5. The summed E-state index contributed by atoms with van der Waals surface area (Å²) in [4.78, 5) is 0. The van der Waals surface area contributed by atoms with Crippen LogP contribution < -0.4 is 0 Å². The Hall–Kier alpha value is -2.74. The van der Waals surface area contributed by atoms with E-state index in [1.165, 1.54) is 4.68 Å². The van der Waals surface area contributed by atoms with E-state index in [9.17, 15) is 0 Å². The van der Waals surface area contributed by atoms with Crippen LogP contribution in [0.1, 0.15) is 16.8 Å². The quantitative estimate of drug-likeness (QED) is 0.334. The predicted molar refractivity (Wildman–Crippen MR) is 118 cm³/mol. The van der Waals surface area contributed by atoms with Crippen LogP contribution in [-0.2, 0) is 6.54 Å². The van der Waals surface area contributed by atoms with Gasteiger partial charge in [-0.2, -0.15) is 20.0 Å². The highest BCUT2D eigenvalue weighted by molar-refractivity contribution is 7.71. The third-order valence-electron chi connectivity index (χ3n) is 4.32. The maximum Gasteiger partial charge on any atom is 0.216 e. The van der Waals surface area contributed by atoms with Gasteiger partial charge in [0.1, 0.15) is 5.15 Å². The number of hydrogen-bond donors (Lipinski definition) is 1. The molecule has 0 aliphatic carbocycles. The molecule has 0 fully saturated rings. The Labute approximate surface area is 182 Å². The van der Waals surface area contributed by atoms with Crippen molar-refractivity contribution < 1.29 is 0 Å². The number of H-pyrrole nitrogens is 1. The summed E-state index contributed by atoms with van der Waals surface area (Å²) in [5.74, 6) is 0.555. The first kappa shape index (κ1) is 19.6. The fraction of sp³-hybridized carbons (Fsp3) is 0.100. The van der Waals surface area contributed by atoms with Gasteiger partial charge in [0.05, 0.1) is 24.0 Å². The highest BCUT2D eigenvalue weighted by Gasteiger charge is 2.13. The first-order valence-electron chi connectivity index (χ1n) is 8.77. The normalized spacial score (nSPS) is 11.4. The number of nitrogens with one attached hydrogen (secondary N) is 1. The van der Waals surface area contributed by atoms with E-state index in [-0.39, 0.29) is 0 Å². The molecule has 146 valence electrons. The summed E-state index contributed by atoms with van der Waals surface area (Å²) in [5.41, 5.74) is 3.40. The van der Waals surface area contributed by atoms with Gasteiger partial charge in [-0.15, -0.1) is 0 Å². The van der Waals surface area contributed by atoms with Crippen molar-refractivity contribution in [2.75, 3.05) is 0 Å². The Morgan fingerprint density at radius 3 is 2.69 bits per heavy atom. The number of hydrogen-bond acceptors (Lipinski definition) is 4. The smallest absolute Gasteiger partial charge is 0.216 e. The van der Waals surface area contributed by atoms with Gasteiger partial charge in [-0.05, 0) is 36.8 Å². The summed E-state index contributed by atoms with van der Waals surface area (Å²) in [5, 5.41) is 17.2. The highest BCUT2D eigenvalue weighted by atomic mass is 35.5. The molecule has 4 rings (SSSR count). The van der Waals surface area contributed by atoms with E-state index in [1.54, 1.807) is 23.0 Å². The van der Waals surface area contributed by atoms with Gasteiger partial charge in [-0.25, -0.2) is 9.78 Å². The summed E-state index contributed by atoms with van der Waals surface area (Å²) < 4.78 is 3.65. The summed E-state index contributed by atoms with van der Waals surface area (Å²) in [6.07, 6.45) is 1.64. The molecule has 0 aliphatic heterocycles. The molecule has 2 aromatic heterocycles. The minimum Gasteiger partial charge on any atom is -0.250 e. The minimum atomic E-state index is 0.363. The summed E-state index contributed by atoms with van der Waals surface area (Å²) in [6, 6.07) is 17.3. The molecule has 2 aromatic carbocycles. The minimum absolute atomic E-state index is 0.363. The molecule has 0 amide bonds. The maximum atomic E-state index is 6.57. The lowest BCUT2D eigenvalue weighted by Crippen LogP contribution is -2.02. The van der Waals surface area contributed by atoms with Crippen LogP contribution in [0.25, 0.3) is 11.4 Å². The van der Waals surface area contributed by atoms with E-state index in [1.807, 2.05) is 49.4 Å². The molecule has 0 saturated heterocycles. The van der Waals surface area contributed by atoms with E-state index in [0.717, 1.165) is 22.4 Å². The number of aromatic nitrogens is 5. The van der Waals surface area contributed by atoms with Crippen LogP contribution in [0.4, 0.5) is 0 Å². The fourth-order valence-corrected chi connectivity index (χ4v) is 3.56. The molecule has 0 unspecified atom stereocenters. The first-order valence-corrected chi connectivity index (χ1v) is 9.94. The van der Waals surface area contributed by atoms with Gasteiger partial charge < -0.3 is 0 Å². The molecule has 29 heavy (non-hydrogen) atoms. The van der Waals surface area contributed by atoms with Crippen molar-refractivity contribution in [2.24, 2.45) is 5.10 Å². The molecule has 0 spiro atoms. The lowest BCUT2D eigenvalue weighted by Gasteiger charge is -2.03. The van der Waals surface area contributed by atoms with E-state index >= 15 is 0 Å². The maximum absolute atomic E-state index is 6.57. The number of benzene rings is 2. The van der Waals surface area contributed by atoms with Crippen LogP contribution in [0.2, 0.25) is 10.2 Å². The SMILES string of the molecule is Cc1nn(Cc2ccccc2)c(Cl)c1/C=N/n1c(-c2cccc(Cl)c2)n[nH]c1=S. The Kier molecular flexibility index (Phi) is 5.62. The summed E-state index contributed by atoms with van der Waals surface area (Å²) in [6.45, 7) is 2.47. The topological polar surface area (TPSA) is 63.8 Å². The largest absolute Gasteiger partial charge is 0.250 e. The second-order valence-electron chi connectivity index (χ2n) is 6.35. The second-order valence-corrected chi connectivity index (χ2v) is 7.53. The van der Waals surface area contributed by atoms with Gasteiger partial charge in [0.15, 0.2) is 5.82 Å². The fourth-order valence-electron chi connectivity index (χ4n) is 2.90. The molecule has 6 nitrogen and oxygen atoms in total. The molecule has 0 saturated carbocycles. The number of aryl methyl sites for hydroxylation is 1. The van der Waals surface area contributed by atoms with Crippen molar-refractivity contribution in [2.45, 2.75) is 13.5 Å². The zero-order chi connectivity index (χ0) is 20.4.